The maximum Gasteiger partial charge on any atom is 0.229 e. The normalized spacial score (nSPS) is 11.1. The number of hydrogen-bond donors (Lipinski definition) is 0. The number of hydrogen-bond acceptors (Lipinski definition) is 4. The Morgan fingerprint density at radius 1 is 1.35 bits per heavy atom. The maximum absolute atomic E-state index is 8.98. The molecule has 0 radical (unpaired) electrons. The molecule has 0 saturated carbocycles. The molecule has 0 aliphatic heterocycles. The Hall–Kier alpha value is -2.61. The second-order valence-electron chi connectivity index (χ2n) is 5.03. The van der Waals surface area contributed by atoms with Gasteiger partial charge in [0.1, 0.15) is 0 Å². The van der Waals surface area contributed by atoms with Crippen molar-refractivity contribution in [1.29, 1.82) is 5.26 Å². The van der Waals surface area contributed by atoms with Gasteiger partial charge >= 0.3 is 0 Å². The van der Waals surface area contributed by atoms with E-state index in [4.69, 9.17) is 9.78 Å². The Bertz CT molecular complexity index is 792. The minimum absolute atomic E-state index is 0.225. The van der Waals surface area contributed by atoms with E-state index in [0.29, 0.717) is 23.8 Å². The Kier molecular flexibility index (Phi) is 2.99. The van der Waals surface area contributed by atoms with Crippen LogP contribution in [0.3, 0.4) is 0 Å². The molecule has 100 valence electrons. The Morgan fingerprint density at radius 2 is 2.20 bits per heavy atom. The van der Waals surface area contributed by atoms with Crippen LogP contribution < -0.4 is 0 Å². The first-order valence-electron chi connectivity index (χ1n) is 6.49. The first kappa shape index (κ1) is 12.4. The molecule has 0 bridgehead atoms. The molecule has 5 heteroatoms. The average molecular weight is 266 g/mol. The molecule has 0 unspecified atom stereocenters. The highest BCUT2D eigenvalue weighted by Gasteiger charge is 2.11. The topological polar surface area (TPSA) is 67.6 Å². The quantitative estimate of drug-likeness (QED) is 0.730. The SMILES string of the molecule is CC(C)c1nc(Cn2ccc3ccc(C#N)cc32)no1. The lowest BCUT2D eigenvalue weighted by Crippen LogP contribution is -2.00. The van der Waals surface area contributed by atoms with E-state index in [-0.39, 0.29) is 5.92 Å². The van der Waals surface area contributed by atoms with E-state index in [1.54, 1.807) is 0 Å². The second-order valence-corrected chi connectivity index (χ2v) is 5.03. The van der Waals surface area contributed by atoms with Gasteiger partial charge in [-0.3, -0.25) is 0 Å². The van der Waals surface area contributed by atoms with Crippen molar-refractivity contribution >= 4 is 10.9 Å². The highest BCUT2D eigenvalue weighted by atomic mass is 16.5. The van der Waals surface area contributed by atoms with Crippen LogP contribution in [0.15, 0.2) is 35.0 Å². The fourth-order valence-corrected chi connectivity index (χ4v) is 2.11. The zero-order valence-electron chi connectivity index (χ0n) is 11.4. The summed E-state index contributed by atoms with van der Waals surface area (Å²) in [6, 6.07) is 9.81. The average Bonchev–Trinajstić information content (AvgIpc) is 3.06. The molecule has 1 aromatic carbocycles. The lowest BCUT2D eigenvalue weighted by molar-refractivity contribution is 0.360. The van der Waals surface area contributed by atoms with Gasteiger partial charge in [-0.05, 0) is 23.6 Å². The summed E-state index contributed by atoms with van der Waals surface area (Å²) in [5.74, 6) is 1.52. The van der Waals surface area contributed by atoms with E-state index in [1.165, 1.54) is 0 Å². The zero-order chi connectivity index (χ0) is 14.1. The van der Waals surface area contributed by atoms with Crippen LogP contribution in [0.1, 0.15) is 37.0 Å². The third kappa shape index (κ3) is 2.16. The molecule has 2 heterocycles. The molecule has 3 rings (SSSR count). The van der Waals surface area contributed by atoms with Gasteiger partial charge in [0.15, 0.2) is 5.82 Å². The van der Waals surface area contributed by atoms with E-state index in [9.17, 15) is 0 Å². The predicted molar refractivity (Wildman–Crippen MR) is 74.1 cm³/mol. The van der Waals surface area contributed by atoms with Crippen molar-refractivity contribution in [3.05, 3.63) is 47.7 Å². The van der Waals surface area contributed by atoms with Crippen LogP contribution >= 0.6 is 0 Å². The summed E-state index contributed by atoms with van der Waals surface area (Å²) in [5.41, 5.74) is 1.65. The van der Waals surface area contributed by atoms with Crippen LogP contribution in [-0.2, 0) is 6.54 Å². The van der Waals surface area contributed by atoms with Gasteiger partial charge in [-0.25, -0.2) is 0 Å². The number of nitriles is 1. The number of nitrogens with zero attached hydrogens (tertiary/aromatic N) is 4. The van der Waals surface area contributed by atoms with Gasteiger partial charge in [0.25, 0.3) is 0 Å². The van der Waals surface area contributed by atoms with Crippen molar-refractivity contribution in [2.75, 3.05) is 0 Å². The molecule has 0 saturated heterocycles. The molecule has 0 aliphatic carbocycles. The van der Waals surface area contributed by atoms with E-state index < -0.39 is 0 Å². The molecule has 0 atom stereocenters. The Labute approximate surface area is 116 Å². The number of benzene rings is 1. The summed E-state index contributed by atoms with van der Waals surface area (Å²) in [6.07, 6.45) is 1.97. The number of rotatable bonds is 3. The van der Waals surface area contributed by atoms with Crippen molar-refractivity contribution in [2.24, 2.45) is 0 Å². The lowest BCUT2D eigenvalue weighted by atomic mass is 10.2. The third-order valence-corrected chi connectivity index (χ3v) is 3.19. The molecular weight excluding hydrogens is 252 g/mol. The summed E-state index contributed by atoms with van der Waals surface area (Å²) in [7, 11) is 0. The van der Waals surface area contributed by atoms with E-state index in [0.717, 1.165) is 10.9 Å². The van der Waals surface area contributed by atoms with E-state index >= 15 is 0 Å². The van der Waals surface area contributed by atoms with Crippen molar-refractivity contribution in [3.63, 3.8) is 0 Å². The number of aromatic nitrogens is 3. The van der Waals surface area contributed by atoms with Gasteiger partial charge in [0.2, 0.25) is 5.89 Å². The molecular formula is C15H14N4O. The zero-order valence-corrected chi connectivity index (χ0v) is 11.4. The van der Waals surface area contributed by atoms with Crippen LogP contribution in [0.5, 0.6) is 0 Å². The number of fused-ring (bicyclic) bond motifs is 1. The molecule has 0 amide bonds. The molecule has 0 spiro atoms. The molecule has 0 aliphatic rings. The summed E-state index contributed by atoms with van der Waals surface area (Å²) in [5, 5.41) is 14.1. The summed E-state index contributed by atoms with van der Waals surface area (Å²) in [4.78, 5) is 4.37. The molecule has 20 heavy (non-hydrogen) atoms. The van der Waals surface area contributed by atoms with Gasteiger partial charge in [0, 0.05) is 17.6 Å². The maximum atomic E-state index is 8.98. The van der Waals surface area contributed by atoms with Crippen molar-refractivity contribution in [2.45, 2.75) is 26.3 Å². The van der Waals surface area contributed by atoms with Crippen molar-refractivity contribution in [1.82, 2.24) is 14.7 Å². The first-order valence-corrected chi connectivity index (χ1v) is 6.49. The van der Waals surface area contributed by atoms with E-state index in [1.807, 2.05) is 48.9 Å². The summed E-state index contributed by atoms with van der Waals surface area (Å²) in [6.45, 7) is 4.57. The second kappa shape index (κ2) is 4.82. The highest BCUT2D eigenvalue weighted by molar-refractivity contribution is 5.81. The van der Waals surface area contributed by atoms with Crippen LogP contribution in [0, 0.1) is 11.3 Å². The van der Waals surface area contributed by atoms with E-state index in [2.05, 4.69) is 16.2 Å². The van der Waals surface area contributed by atoms with Crippen molar-refractivity contribution in [3.8, 4) is 6.07 Å². The van der Waals surface area contributed by atoms with Crippen LogP contribution in [0.4, 0.5) is 0 Å². The van der Waals surface area contributed by atoms with Crippen molar-refractivity contribution < 1.29 is 4.52 Å². The van der Waals surface area contributed by atoms with Gasteiger partial charge in [-0.15, -0.1) is 0 Å². The fraction of sp³-hybridized carbons (Fsp3) is 0.267. The lowest BCUT2D eigenvalue weighted by Gasteiger charge is -2.01. The monoisotopic (exact) mass is 266 g/mol. The molecule has 3 aromatic rings. The van der Waals surface area contributed by atoms with Crippen LogP contribution in [0.25, 0.3) is 10.9 Å². The van der Waals surface area contributed by atoms with Gasteiger partial charge in [-0.2, -0.15) is 10.2 Å². The summed E-state index contributed by atoms with van der Waals surface area (Å²) < 4.78 is 7.22. The first-order chi connectivity index (χ1) is 9.67. The van der Waals surface area contributed by atoms with Gasteiger partial charge in [-0.1, -0.05) is 25.1 Å². The smallest absolute Gasteiger partial charge is 0.229 e. The minimum Gasteiger partial charge on any atom is -0.340 e. The molecule has 0 fully saturated rings. The van der Waals surface area contributed by atoms with Gasteiger partial charge in [0.05, 0.1) is 18.2 Å². The predicted octanol–water partition coefficient (Wildman–Crippen LogP) is 3.07. The fourth-order valence-electron chi connectivity index (χ4n) is 2.11. The minimum atomic E-state index is 0.225. The molecule has 0 N–H and O–H groups in total. The third-order valence-electron chi connectivity index (χ3n) is 3.19. The molecule has 2 aromatic heterocycles. The van der Waals surface area contributed by atoms with Gasteiger partial charge < -0.3 is 9.09 Å². The molecule has 5 nitrogen and oxygen atoms in total. The van der Waals surface area contributed by atoms with Crippen LogP contribution in [-0.4, -0.2) is 14.7 Å². The Balaban J connectivity index is 1.95. The highest BCUT2D eigenvalue weighted by Crippen LogP contribution is 2.19. The summed E-state index contributed by atoms with van der Waals surface area (Å²) >= 11 is 0. The largest absolute Gasteiger partial charge is 0.340 e. The van der Waals surface area contributed by atoms with Crippen LogP contribution in [0.2, 0.25) is 0 Å². The standard InChI is InChI=1S/C15H14N4O/c1-10(2)15-17-14(18-20-15)9-19-6-5-12-4-3-11(8-16)7-13(12)19/h3-7,10H,9H2,1-2H3. The Morgan fingerprint density at radius 3 is 2.90 bits per heavy atom.